The van der Waals surface area contributed by atoms with Crippen LogP contribution in [0, 0.1) is 6.92 Å². The molecular formula is C19H16BrNO3. The highest BCUT2D eigenvalue weighted by Crippen LogP contribution is 2.34. The fourth-order valence-electron chi connectivity index (χ4n) is 2.85. The van der Waals surface area contributed by atoms with Crippen molar-refractivity contribution in [2.45, 2.75) is 13.8 Å². The molecule has 0 fully saturated rings. The first-order valence-corrected chi connectivity index (χ1v) is 8.39. The summed E-state index contributed by atoms with van der Waals surface area (Å²) in [6.07, 6.45) is 2.56. The van der Waals surface area contributed by atoms with Crippen LogP contribution in [0.1, 0.15) is 33.3 Å². The topological polar surface area (TPSA) is 47.8 Å². The Labute approximate surface area is 148 Å². The monoisotopic (exact) mass is 385 g/mol. The van der Waals surface area contributed by atoms with Crippen molar-refractivity contribution in [2.75, 3.05) is 6.61 Å². The molecule has 2 heterocycles. The number of carbonyl (C=O) groups is 2. The summed E-state index contributed by atoms with van der Waals surface area (Å²) in [4.78, 5) is 24.4. The number of halogens is 1. The van der Waals surface area contributed by atoms with Crippen molar-refractivity contribution in [3.8, 4) is 11.1 Å². The molecule has 24 heavy (non-hydrogen) atoms. The van der Waals surface area contributed by atoms with E-state index in [-0.39, 0.29) is 6.61 Å². The van der Waals surface area contributed by atoms with Gasteiger partial charge in [0.1, 0.15) is 0 Å². The third-order valence-corrected chi connectivity index (χ3v) is 4.81. The van der Waals surface area contributed by atoms with E-state index in [4.69, 9.17) is 4.74 Å². The van der Waals surface area contributed by atoms with Crippen LogP contribution in [-0.4, -0.2) is 23.3 Å². The van der Waals surface area contributed by atoms with E-state index in [9.17, 15) is 9.59 Å². The van der Waals surface area contributed by atoms with Crippen molar-refractivity contribution in [2.24, 2.45) is 0 Å². The van der Waals surface area contributed by atoms with Crippen LogP contribution < -0.4 is 0 Å². The molecular weight excluding hydrogens is 370 g/mol. The predicted molar refractivity (Wildman–Crippen MR) is 96.6 cm³/mol. The quantitative estimate of drug-likeness (QED) is 0.484. The maximum Gasteiger partial charge on any atom is 0.340 e. The largest absolute Gasteiger partial charge is 0.462 e. The number of aromatic nitrogens is 1. The van der Waals surface area contributed by atoms with Gasteiger partial charge in [-0.2, -0.15) is 0 Å². The SMILES string of the molecule is CCOC(=O)c1c(-c2ccc(Br)c(C)c2)c(C=O)n2ccccc12. The van der Waals surface area contributed by atoms with Crippen molar-refractivity contribution in [3.63, 3.8) is 0 Å². The van der Waals surface area contributed by atoms with E-state index >= 15 is 0 Å². The highest BCUT2D eigenvalue weighted by Gasteiger charge is 2.25. The smallest absolute Gasteiger partial charge is 0.340 e. The van der Waals surface area contributed by atoms with Crippen LogP contribution in [0.5, 0.6) is 0 Å². The highest BCUT2D eigenvalue weighted by molar-refractivity contribution is 9.10. The Balaban J connectivity index is 2.39. The Kier molecular flexibility index (Phi) is 4.53. The van der Waals surface area contributed by atoms with Crippen molar-refractivity contribution < 1.29 is 14.3 Å². The van der Waals surface area contributed by atoms with Crippen LogP contribution in [-0.2, 0) is 4.74 Å². The van der Waals surface area contributed by atoms with Gasteiger partial charge in [0.25, 0.3) is 0 Å². The normalized spacial score (nSPS) is 10.8. The second-order valence-electron chi connectivity index (χ2n) is 5.39. The Morgan fingerprint density at radius 2 is 2.08 bits per heavy atom. The summed E-state index contributed by atoms with van der Waals surface area (Å²) in [5.74, 6) is -0.426. The van der Waals surface area contributed by atoms with Gasteiger partial charge in [-0.15, -0.1) is 0 Å². The van der Waals surface area contributed by atoms with Gasteiger partial charge in [0.05, 0.1) is 23.4 Å². The van der Waals surface area contributed by atoms with E-state index in [0.29, 0.717) is 22.3 Å². The lowest BCUT2D eigenvalue weighted by Gasteiger charge is -2.07. The molecule has 0 radical (unpaired) electrons. The third kappa shape index (κ3) is 2.65. The van der Waals surface area contributed by atoms with Crippen molar-refractivity contribution in [1.29, 1.82) is 0 Å². The maximum absolute atomic E-state index is 12.6. The number of rotatable bonds is 4. The van der Waals surface area contributed by atoms with E-state index in [1.54, 1.807) is 17.5 Å². The number of hydrogen-bond acceptors (Lipinski definition) is 3. The number of benzene rings is 1. The number of aldehydes is 1. The summed E-state index contributed by atoms with van der Waals surface area (Å²) < 4.78 is 7.93. The molecule has 122 valence electrons. The van der Waals surface area contributed by atoms with Crippen LogP contribution in [0.15, 0.2) is 47.1 Å². The molecule has 0 spiro atoms. The second kappa shape index (κ2) is 6.61. The first-order valence-electron chi connectivity index (χ1n) is 7.60. The summed E-state index contributed by atoms with van der Waals surface area (Å²) in [6.45, 7) is 4.01. The second-order valence-corrected chi connectivity index (χ2v) is 6.25. The molecule has 0 bridgehead atoms. The summed E-state index contributed by atoms with van der Waals surface area (Å²) in [7, 11) is 0. The Bertz CT molecular complexity index is 943. The first-order chi connectivity index (χ1) is 11.6. The molecule has 0 saturated carbocycles. The van der Waals surface area contributed by atoms with Gasteiger partial charge in [0.2, 0.25) is 0 Å². The molecule has 0 atom stereocenters. The van der Waals surface area contributed by atoms with E-state index in [1.165, 1.54) is 0 Å². The van der Waals surface area contributed by atoms with Gasteiger partial charge in [-0.05, 0) is 43.2 Å². The van der Waals surface area contributed by atoms with Crippen LogP contribution in [0.25, 0.3) is 16.6 Å². The molecule has 0 unspecified atom stereocenters. The number of esters is 1. The Hall–Kier alpha value is -2.40. The Morgan fingerprint density at radius 1 is 1.29 bits per heavy atom. The molecule has 0 amide bonds. The zero-order valence-corrected chi connectivity index (χ0v) is 15.0. The average molecular weight is 386 g/mol. The van der Waals surface area contributed by atoms with Gasteiger partial charge in [-0.1, -0.05) is 34.1 Å². The van der Waals surface area contributed by atoms with Gasteiger partial charge < -0.3 is 9.14 Å². The molecule has 4 nitrogen and oxygen atoms in total. The predicted octanol–water partition coefficient (Wildman–Crippen LogP) is 4.67. The summed E-state index contributed by atoms with van der Waals surface area (Å²) in [6, 6.07) is 11.2. The van der Waals surface area contributed by atoms with Crippen molar-refractivity contribution in [1.82, 2.24) is 4.40 Å². The number of fused-ring (bicyclic) bond motifs is 1. The van der Waals surface area contributed by atoms with Crippen LogP contribution in [0.3, 0.4) is 0 Å². The molecule has 0 aliphatic carbocycles. The van der Waals surface area contributed by atoms with Gasteiger partial charge >= 0.3 is 5.97 Å². The number of carbonyl (C=O) groups excluding carboxylic acids is 2. The van der Waals surface area contributed by atoms with Crippen LogP contribution in [0.2, 0.25) is 0 Å². The molecule has 2 aromatic heterocycles. The lowest BCUT2D eigenvalue weighted by Crippen LogP contribution is -2.06. The molecule has 0 aliphatic rings. The molecule has 0 saturated heterocycles. The summed E-state index contributed by atoms with van der Waals surface area (Å²) in [5.41, 5.74) is 3.95. The van der Waals surface area contributed by atoms with Gasteiger partial charge in [0, 0.05) is 16.2 Å². The van der Waals surface area contributed by atoms with Gasteiger partial charge in [-0.3, -0.25) is 4.79 Å². The Morgan fingerprint density at radius 3 is 2.75 bits per heavy atom. The molecule has 0 aliphatic heterocycles. The van der Waals surface area contributed by atoms with Gasteiger partial charge in [-0.25, -0.2) is 4.79 Å². The maximum atomic E-state index is 12.6. The van der Waals surface area contributed by atoms with Crippen molar-refractivity contribution >= 4 is 33.7 Å². The summed E-state index contributed by atoms with van der Waals surface area (Å²) >= 11 is 3.48. The third-order valence-electron chi connectivity index (χ3n) is 3.92. The minimum Gasteiger partial charge on any atom is -0.462 e. The zero-order chi connectivity index (χ0) is 17.3. The molecule has 3 rings (SSSR count). The number of aryl methyl sites for hydroxylation is 1. The number of pyridine rings is 1. The molecule has 0 N–H and O–H groups in total. The lowest BCUT2D eigenvalue weighted by molar-refractivity contribution is 0.0529. The average Bonchev–Trinajstić information content (AvgIpc) is 2.92. The van der Waals surface area contributed by atoms with Gasteiger partial charge in [0.15, 0.2) is 6.29 Å². The van der Waals surface area contributed by atoms with E-state index in [1.807, 2.05) is 43.3 Å². The van der Waals surface area contributed by atoms with E-state index in [0.717, 1.165) is 21.9 Å². The molecule has 5 heteroatoms. The molecule has 1 aromatic carbocycles. The van der Waals surface area contributed by atoms with Crippen molar-refractivity contribution in [3.05, 3.63) is 63.9 Å². The standard InChI is InChI=1S/C19H16BrNO3/c1-3-24-19(23)18-15-6-4-5-9-21(15)16(11-22)17(18)13-7-8-14(20)12(2)10-13/h4-11H,3H2,1-2H3. The number of hydrogen-bond donors (Lipinski definition) is 0. The fraction of sp³-hybridized carbons (Fsp3) is 0.158. The van der Waals surface area contributed by atoms with E-state index < -0.39 is 5.97 Å². The molecule has 3 aromatic rings. The minimum absolute atomic E-state index is 0.276. The highest BCUT2D eigenvalue weighted by atomic mass is 79.9. The first kappa shape index (κ1) is 16.5. The zero-order valence-electron chi connectivity index (χ0n) is 13.4. The lowest BCUT2D eigenvalue weighted by atomic mass is 9.99. The fourth-order valence-corrected chi connectivity index (χ4v) is 3.10. The number of ether oxygens (including phenoxy) is 1. The van der Waals surface area contributed by atoms with Crippen LogP contribution >= 0.6 is 15.9 Å². The van der Waals surface area contributed by atoms with E-state index in [2.05, 4.69) is 15.9 Å². The number of nitrogens with zero attached hydrogens (tertiary/aromatic N) is 1. The van der Waals surface area contributed by atoms with Crippen LogP contribution in [0.4, 0.5) is 0 Å². The minimum atomic E-state index is -0.426. The summed E-state index contributed by atoms with van der Waals surface area (Å²) in [5, 5.41) is 0.